The summed E-state index contributed by atoms with van der Waals surface area (Å²) in [7, 11) is 0. The van der Waals surface area contributed by atoms with Gasteiger partial charge in [-0.25, -0.2) is 0 Å². The van der Waals surface area contributed by atoms with Crippen molar-refractivity contribution in [3.8, 4) is 0 Å². The van der Waals surface area contributed by atoms with E-state index >= 15 is 0 Å². The minimum atomic E-state index is -0.877. The van der Waals surface area contributed by atoms with Gasteiger partial charge in [-0.3, -0.25) is 38.5 Å². The van der Waals surface area contributed by atoms with Crippen LogP contribution in [0.15, 0.2) is 36.4 Å². The minimum absolute atomic E-state index is 0.0210. The molecule has 1 heterocycles. The Kier molecular flexibility index (Phi) is 20.7. The van der Waals surface area contributed by atoms with Crippen LogP contribution in [0.2, 0.25) is 0 Å². The molecule has 2 rings (SSSR count). The number of carbonyl (C=O) groups is 7. The van der Waals surface area contributed by atoms with Crippen LogP contribution in [0.3, 0.4) is 0 Å². The molecule has 0 fully saturated rings. The summed E-state index contributed by atoms with van der Waals surface area (Å²) >= 11 is 0. The van der Waals surface area contributed by atoms with E-state index in [4.69, 9.17) is 23.7 Å². The van der Waals surface area contributed by atoms with Crippen molar-refractivity contribution in [1.29, 1.82) is 0 Å². The molecule has 0 saturated heterocycles. The van der Waals surface area contributed by atoms with Crippen LogP contribution < -0.4 is 21.3 Å². The number of imide groups is 1. The van der Waals surface area contributed by atoms with Crippen LogP contribution in [0, 0.1) is 5.41 Å². The maximum atomic E-state index is 12.6. The Morgan fingerprint density at radius 2 is 1.24 bits per heavy atom. The van der Waals surface area contributed by atoms with E-state index in [0.717, 1.165) is 10.5 Å². The molecule has 0 bridgehead atoms. The summed E-state index contributed by atoms with van der Waals surface area (Å²) in [6, 6.07) is 5.08. The van der Waals surface area contributed by atoms with E-state index in [1.807, 2.05) is 20.8 Å². The van der Waals surface area contributed by atoms with Crippen LogP contribution >= 0.6 is 0 Å². The predicted octanol–water partition coefficient (Wildman–Crippen LogP) is 1.00. The number of benzene rings is 1. The highest BCUT2D eigenvalue weighted by Gasteiger charge is 2.27. The molecule has 0 saturated carbocycles. The van der Waals surface area contributed by atoms with Crippen molar-refractivity contribution in [2.45, 2.75) is 72.6 Å². The second-order valence-electron chi connectivity index (χ2n) is 13.0. The van der Waals surface area contributed by atoms with E-state index < -0.39 is 41.1 Å². The van der Waals surface area contributed by atoms with Gasteiger partial charge < -0.3 is 45.0 Å². The zero-order chi connectivity index (χ0) is 39.9. The summed E-state index contributed by atoms with van der Waals surface area (Å²) in [5, 5.41) is 10.5. The first kappa shape index (κ1) is 45.4. The van der Waals surface area contributed by atoms with Crippen molar-refractivity contribution >= 4 is 47.1 Å². The molecule has 0 radical (unpaired) electrons. The van der Waals surface area contributed by atoms with Crippen LogP contribution in [0.4, 0.5) is 5.69 Å². The molecule has 2 atom stereocenters. The fraction of sp³-hybridized carbons (Fsp3) is 0.595. The largest absolute Gasteiger partial charge is 0.460 e. The standard InChI is InChI=1S/C37H55N5O12/c1-6-37(4,5)36(49)54-25-28-7-9-29(10-8-28)41-35(48)27(3)40-34(47)26(2)39-31(44)14-17-50-19-21-52-23-24-53-22-20-51-18-15-38-30(43)13-16-42-32(45)11-12-33(42)46/h7-12,26-27H,6,13-25H2,1-5H3,(H,38,43)(H,39,44)(H,40,47)(H,41,48)/t26-,27-/m1/s1. The average Bonchev–Trinajstić information content (AvgIpc) is 3.47. The lowest BCUT2D eigenvalue weighted by Crippen LogP contribution is -2.50. The molecule has 0 unspecified atom stereocenters. The molecule has 1 aromatic rings. The highest BCUT2D eigenvalue weighted by Crippen LogP contribution is 2.22. The fourth-order valence-electron chi connectivity index (χ4n) is 4.35. The maximum absolute atomic E-state index is 12.6. The third-order valence-corrected chi connectivity index (χ3v) is 8.17. The number of ether oxygens (including phenoxy) is 5. The molecule has 4 N–H and O–H groups in total. The second-order valence-corrected chi connectivity index (χ2v) is 13.0. The topological polar surface area (TPSA) is 217 Å². The SMILES string of the molecule is CCC(C)(C)C(=O)OCc1ccc(NC(=O)[C@@H](C)NC(=O)[C@@H](C)NC(=O)CCOCCOCCOCCOCCNC(=O)CCN2C(=O)C=CC2=O)cc1. The average molecular weight is 762 g/mol. The van der Waals surface area contributed by atoms with Crippen LogP contribution in [0.25, 0.3) is 0 Å². The van der Waals surface area contributed by atoms with E-state index in [0.29, 0.717) is 45.1 Å². The van der Waals surface area contributed by atoms with Crippen LogP contribution in [-0.4, -0.2) is 124 Å². The Balaban J connectivity index is 1.43. The van der Waals surface area contributed by atoms with Gasteiger partial charge in [-0.05, 0) is 51.8 Å². The number of anilines is 1. The molecule has 17 heteroatoms. The Hall–Kier alpha value is -4.71. The van der Waals surface area contributed by atoms with E-state index in [-0.39, 0.29) is 70.1 Å². The lowest BCUT2D eigenvalue weighted by atomic mass is 9.91. The zero-order valence-corrected chi connectivity index (χ0v) is 31.9. The lowest BCUT2D eigenvalue weighted by molar-refractivity contribution is -0.155. The first-order valence-electron chi connectivity index (χ1n) is 18.0. The molecule has 0 spiro atoms. The van der Waals surface area contributed by atoms with Gasteiger partial charge in [-0.15, -0.1) is 0 Å². The van der Waals surface area contributed by atoms with Gasteiger partial charge in [-0.2, -0.15) is 0 Å². The Bertz CT molecular complexity index is 1410. The monoisotopic (exact) mass is 761 g/mol. The molecule has 1 aliphatic heterocycles. The number of amides is 6. The summed E-state index contributed by atoms with van der Waals surface area (Å²) < 4.78 is 27.0. The van der Waals surface area contributed by atoms with E-state index in [1.54, 1.807) is 24.3 Å². The normalized spacial score (nSPS) is 13.7. The number of hydrogen-bond donors (Lipinski definition) is 4. The van der Waals surface area contributed by atoms with Crippen LogP contribution in [0.5, 0.6) is 0 Å². The third-order valence-electron chi connectivity index (χ3n) is 8.17. The highest BCUT2D eigenvalue weighted by molar-refractivity contribution is 6.13. The van der Waals surface area contributed by atoms with Gasteiger partial charge in [-0.1, -0.05) is 19.1 Å². The van der Waals surface area contributed by atoms with Crippen molar-refractivity contribution in [1.82, 2.24) is 20.9 Å². The molecule has 54 heavy (non-hydrogen) atoms. The van der Waals surface area contributed by atoms with Gasteiger partial charge in [0, 0.05) is 43.8 Å². The quantitative estimate of drug-likeness (QED) is 0.0561. The molecular formula is C37H55N5O12. The van der Waals surface area contributed by atoms with Crippen molar-refractivity contribution in [2.75, 3.05) is 71.3 Å². The van der Waals surface area contributed by atoms with Gasteiger partial charge in [0.1, 0.15) is 18.7 Å². The second kappa shape index (κ2) is 24.6. The first-order chi connectivity index (χ1) is 25.7. The molecule has 0 aromatic heterocycles. The number of esters is 1. The number of nitrogens with zero attached hydrogens (tertiary/aromatic N) is 1. The summed E-state index contributed by atoms with van der Waals surface area (Å²) in [6.45, 7) is 11.4. The Morgan fingerprint density at radius 3 is 1.81 bits per heavy atom. The van der Waals surface area contributed by atoms with E-state index in [2.05, 4.69) is 21.3 Å². The maximum Gasteiger partial charge on any atom is 0.311 e. The summed E-state index contributed by atoms with van der Waals surface area (Å²) in [5.41, 5.74) is 0.717. The Labute approximate surface area is 316 Å². The Morgan fingerprint density at radius 1 is 0.704 bits per heavy atom. The lowest BCUT2D eigenvalue weighted by Gasteiger charge is -2.20. The summed E-state index contributed by atoms with van der Waals surface area (Å²) in [5.74, 6) is -2.75. The van der Waals surface area contributed by atoms with Crippen LogP contribution in [-0.2, 0) is 63.9 Å². The van der Waals surface area contributed by atoms with Gasteiger partial charge in [0.15, 0.2) is 0 Å². The van der Waals surface area contributed by atoms with Gasteiger partial charge >= 0.3 is 5.97 Å². The van der Waals surface area contributed by atoms with E-state index in [9.17, 15) is 33.6 Å². The predicted molar refractivity (Wildman–Crippen MR) is 196 cm³/mol. The smallest absolute Gasteiger partial charge is 0.311 e. The van der Waals surface area contributed by atoms with Crippen molar-refractivity contribution in [3.63, 3.8) is 0 Å². The molecule has 1 aliphatic rings. The van der Waals surface area contributed by atoms with Crippen molar-refractivity contribution < 1.29 is 57.2 Å². The molecule has 17 nitrogen and oxygen atoms in total. The molecule has 300 valence electrons. The number of carbonyl (C=O) groups excluding carboxylic acids is 7. The fourth-order valence-corrected chi connectivity index (χ4v) is 4.35. The number of nitrogens with one attached hydrogen (secondary N) is 4. The van der Waals surface area contributed by atoms with Crippen LogP contribution in [0.1, 0.15) is 59.4 Å². The molecule has 6 amide bonds. The van der Waals surface area contributed by atoms with E-state index in [1.165, 1.54) is 26.0 Å². The van der Waals surface area contributed by atoms with Gasteiger partial charge in [0.2, 0.25) is 23.6 Å². The van der Waals surface area contributed by atoms with Gasteiger partial charge in [0.25, 0.3) is 11.8 Å². The van der Waals surface area contributed by atoms with Crippen molar-refractivity contribution in [3.05, 3.63) is 42.0 Å². The molecular weight excluding hydrogens is 706 g/mol. The molecule has 1 aromatic carbocycles. The summed E-state index contributed by atoms with van der Waals surface area (Å²) in [4.78, 5) is 85.4. The zero-order valence-electron chi connectivity index (χ0n) is 31.9. The minimum Gasteiger partial charge on any atom is -0.460 e. The highest BCUT2D eigenvalue weighted by atomic mass is 16.6. The summed E-state index contributed by atoms with van der Waals surface area (Å²) in [6.07, 6.45) is 3.06. The van der Waals surface area contributed by atoms with Gasteiger partial charge in [0.05, 0.1) is 58.3 Å². The third kappa shape index (κ3) is 17.9. The first-order valence-corrected chi connectivity index (χ1v) is 18.0. The number of hydrogen-bond acceptors (Lipinski definition) is 12. The number of rotatable bonds is 27. The molecule has 0 aliphatic carbocycles. The van der Waals surface area contributed by atoms with Crippen molar-refractivity contribution in [2.24, 2.45) is 5.41 Å².